The molecule has 0 aliphatic rings. The highest BCUT2D eigenvalue weighted by Gasteiger charge is 2.37. The zero-order valence-electron chi connectivity index (χ0n) is 17.6. The predicted molar refractivity (Wildman–Crippen MR) is 83.7 cm³/mol. The summed E-state index contributed by atoms with van der Waals surface area (Å²) in [5.41, 5.74) is 0.0758. The number of carbonyl (C=O) groups is 3. The minimum absolute atomic E-state index is 0.346. The van der Waals surface area contributed by atoms with Crippen LogP contribution in [-0.4, -0.2) is 45.5 Å². The van der Waals surface area contributed by atoms with Crippen LogP contribution in [0.2, 0.25) is 0 Å². The van der Waals surface area contributed by atoms with Crippen molar-refractivity contribution in [2.75, 3.05) is 0 Å². The first-order valence-electron chi connectivity index (χ1n) is 8.60. The van der Waals surface area contributed by atoms with Gasteiger partial charge in [-0.05, 0) is 47.5 Å². The molecule has 0 aromatic carbocycles. The molecule has 0 aliphatic carbocycles. The molecule has 8 heteroatoms. The van der Waals surface area contributed by atoms with E-state index in [9.17, 15) is 19.5 Å². The first-order chi connectivity index (χ1) is 11.3. The van der Waals surface area contributed by atoms with Gasteiger partial charge in [0.05, 0.1) is 0 Å². The Bertz CT molecular complexity index is 537. The second kappa shape index (κ2) is 7.52. The Kier molecular flexibility index (Phi) is 5.19. The Morgan fingerprint density at radius 3 is 1.91 bits per heavy atom. The van der Waals surface area contributed by atoms with E-state index >= 15 is 0 Å². The van der Waals surface area contributed by atoms with Crippen molar-refractivity contribution < 1.29 is 33.1 Å². The van der Waals surface area contributed by atoms with Crippen LogP contribution >= 0.6 is 0 Å². The molecule has 8 nitrogen and oxygen atoms in total. The van der Waals surface area contributed by atoms with Gasteiger partial charge in [-0.15, -0.1) is 0 Å². The summed E-state index contributed by atoms with van der Waals surface area (Å²) in [5, 5.41) is 9.82. The van der Waals surface area contributed by atoms with E-state index in [2.05, 4.69) is 0 Å². The van der Waals surface area contributed by atoms with Crippen LogP contribution in [0, 0.1) is 5.92 Å². The van der Waals surface area contributed by atoms with Gasteiger partial charge in [-0.3, -0.25) is 0 Å². The zero-order valence-corrected chi connectivity index (χ0v) is 14.6. The summed E-state index contributed by atoms with van der Waals surface area (Å²) >= 11 is 0. The van der Waals surface area contributed by atoms with Crippen molar-refractivity contribution in [3.63, 3.8) is 0 Å². The smallest absolute Gasteiger partial charge is 0.430 e. The molecule has 0 aliphatic heterocycles. The van der Waals surface area contributed by atoms with Crippen molar-refractivity contribution >= 4 is 18.2 Å². The molecule has 0 spiro atoms. The molecule has 0 aromatic rings. The summed E-state index contributed by atoms with van der Waals surface area (Å²) in [5.74, 6) is -3.11. The molecule has 0 bridgehead atoms. The van der Waals surface area contributed by atoms with Crippen LogP contribution in [-0.2, 0) is 14.3 Å². The first-order valence-corrected chi connectivity index (χ1v) is 7.10. The maximum Gasteiger partial charge on any atom is 0.430 e. The van der Waals surface area contributed by atoms with Gasteiger partial charge in [0.25, 0.3) is 0 Å². The highest BCUT2D eigenvalue weighted by atomic mass is 16.6. The van der Waals surface area contributed by atoms with Crippen LogP contribution in [0.3, 0.4) is 0 Å². The van der Waals surface area contributed by atoms with Crippen LogP contribution < -0.4 is 5.43 Å². The number of hydrogen-bond donors (Lipinski definition) is 2. The number of hydrazine groups is 1. The third kappa shape index (κ3) is 8.27. The van der Waals surface area contributed by atoms with Crippen molar-refractivity contribution in [1.82, 2.24) is 10.4 Å². The maximum absolute atomic E-state index is 12.4. The Hall–Kier alpha value is -1.99. The molecule has 2 atom stereocenters. The summed E-state index contributed by atoms with van der Waals surface area (Å²) in [6.45, 7) is 7.79. The molecule has 23 heavy (non-hydrogen) atoms. The minimum Gasteiger partial charge on any atom is -0.480 e. The predicted octanol–water partition coefficient (Wildman–Crippen LogP) is 2.77. The third-order valence-electron chi connectivity index (χ3n) is 2.21. The van der Waals surface area contributed by atoms with Gasteiger partial charge in [0.1, 0.15) is 11.2 Å². The van der Waals surface area contributed by atoms with Crippen LogP contribution in [0.15, 0.2) is 0 Å². The molecule has 0 aromatic heterocycles. The van der Waals surface area contributed by atoms with Gasteiger partial charge >= 0.3 is 18.2 Å². The molecule has 134 valence electrons. The van der Waals surface area contributed by atoms with Gasteiger partial charge < -0.3 is 14.6 Å². The molecule has 0 fully saturated rings. The molecular formula is C15H28N2O6. The molecule has 0 rings (SSSR count). The fourth-order valence-corrected chi connectivity index (χ4v) is 1.49. The van der Waals surface area contributed by atoms with Crippen molar-refractivity contribution in [3.8, 4) is 0 Å². The van der Waals surface area contributed by atoms with E-state index in [0.717, 1.165) is 6.92 Å². The van der Waals surface area contributed by atoms with Crippen molar-refractivity contribution in [2.24, 2.45) is 5.92 Å². The standard InChI is InChI=1S/C15H28N2O6/c1-9(2)10(11(18)19)17(13(21)23-15(6,7)8)16-12(20)22-14(3,4)5/h9-10H,1-8H3,(H,16,20)(H,18,19)/t10-/m1/s1/i1D3/t9-,10-. The summed E-state index contributed by atoms with van der Waals surface area (Å²) < 4.78 is 32.5. The van der Waals surface area contributed by atoms with E-state index in [1.54, 1.807) is 41.5 Å². The number of hydrogen-bond acceptors (Lipinski definition) is 5. The highest BCUT2D eigenvalue weighted by Crippen LogP contribution is 2.16. The van der Waals surface area contributed by atoms with E-state index < -0.39 is 48.2 Å². The fraction of sp³-hybridized carbons (Fsp3) is 0.800. The molecule has 0 saturated heterocycles. The Balaban J connectivity index is 5.82. The fourth-order valence-electron chi connectivity index (χ4n) is 1.49. The lowest BCUT2D eigenvalue weighted by molar-refractivity contribution is -0.146. The lowest BCUT2D eigenvalue weighted by Gasteiger charge is -2.33. The normalized spacial score (nSPS) is 16.9. The molecule has 0 heterocycles. The number of ether oxygens (including phenoxy) is 2. The molecule has 2 N–H and O–H groups in total. The number of rotatable bonds is 3. The van der Waals surface area contributed by atoms with Gasteiger partial charge in [0.2, 0.25) is 0 Å². The van der Waals surface area contributed by atoms with E-state index in [-0.39, 0.29) is 0 Å². The van der Waals surface area contributed by atoms with Crippen LogP contribution in [0.25, 0.3) is 0 Å². The number of aliphatic carboxylic acids is 1. The van der Waals surface area contributed by atoms with Crippen molar-refractivity contribution in [2.45, 2.75) is 72.6 Å². The number of carboxylic acid groups (broad SMARTS) is 1. The molecule has 0 radical (unpaired) electrons. The van der Waals surface area contributed by atoms with E-state index in [4.69, 9.17) is 13.6 Å². The van der Waals surface area contributed by atoms with Crippen molar-refractivity contribution in [3.05, 3.63) is 0 Å². The van der Waals surface area contributed by atoms with Crippen LogP contribution in [0.5, 0.6) is 0 Å². The topological polar surface area (TPSA) is 105 Å². The Morgan fingerprint density at radius 1 is 1.09 bits per heavy atom. The SMILES string of the molecule is [2H]C([2H])([2H])[C@H](C)[C@H](C(=O)O)N(NC(=O)OC(C)(C)C)C(=O)OC(C)(C)C. The summed E-state index contributed by atoms with van der Waals surface area (Å²) in [6, 6.07) is -1.90. The number of carbonyl (C=O) groups excluding carboxylic acids is 2. The molecular weight excluding hydrogens is 304 g/mol. The van der Waals surface area contributed by atoms with Crippen LogP contribution in [0.1, 0.15) is 59.4 Å². The minimum atomic E-state index is -2.70. The summed E-state index contributed by atoms with van der Waals surface area (Å²) in [6.07, 6.45) is -2.33. The monoisotopic (exact) mass is 335 g/mol. The third-order valence-corrected chi connectivity index (χ3v) is 2.21. The second-order valence-corrected chi connectivity index (χ2v) is 7.04. The number of carboxylic acids is 1. The van der Waals surface area contributed by atoms with Gasteiger partial charge in [0.15, 0.2) is 6.04 Å². The van der Waals surface area contributed by atoms with Gasteiger partial charge in [0, 0.05) is 4.11 Å². The van der Waals surface area contributed by atoms with Gasteiger partial charge in [-0.2, -0.15) is 0 Å². The largest absolute Gasteiger partial charge is 0.480 e. The zero-order chi connectivity index (χ0) is 21.1. The average molecular weight is 335 g/mol. The lowest BCUT2D eigenvalue weighted by Crippen LogP contribution is -2.58. The summed E-state index contributed by atoms with van der Waals surface area (Å²) in [7, 11) is 0. The first kappa shape index (κ1) is 15.9. The average Bonchev–Trinajstić information content (AvgIpc) is 2.31. The second-order valence-electron chi connectivity index (χ2n) is 7.04. The molecule has 0 unspecified atom stereocenters. The van der Waals surface area contributed by atoms with Crippen LogP contribution in [0.4, 0.5) is 9.59 Å². The van der Waals surface area contributed by atoms with E-state index in [0.29, 0.717) is 5.01 Å². The van der Waals surface area contributed by atoms with Crippen molar-refractivity contribution in [1.29, 1.82) is 0 Å². The highest BCUT2D eigenvalue weighted by molar-refractivity contribution is 5.82. The molecule has 0 saturated carbocycles. The van der Waals surface area contributed by atoms with E-state index in [1.807, 2.05) is 5.43 Å². The number of amides is 2. The summed E-state index contributed by atoms with van der Waals surface area (Å²) in [4.78, 5) is 36.1. The number of nitrogens with zero attached hydrogens (tertiary/aromatic N) is 1. The van der Waals surface area contributed by atoms with E-state index in [1.165, 1.54) is 0 Å². The quantitative estimate of drug-likeness (QED) is 0.768. The number of nitrogens with one attached hydrogen (secondary N) is 1. The lowest BCUT2D eigenvalue weighted by atomic mass is 10.0. The maximum atomic E-state index is 12.4. The molecule has 2 amide bonds. The Labute approximate surface area is 141 Å². The van der Waals surface area contributed by atoms with Gasteiger partial charge in [-0.25, -0.2) is 24.8 Å². The van der Waals surface area contributed by atoms with Gasteiger partial charge in [-0.1, -0.05) is 13.8 Å². The Morgan fingerprint density at radius 2 is 1.57 bits per heavy atom.